The van der Waals surface area contributed by atoms with E-state index in [2.05, 4.69) is 15.2 Å². The molecule has 2 amide bonds. The highest BCUT2D eigenvalue weighted by Crippen LogP contribution is 2.36. The SMILES string of the molecule is Cc1[nH]nc2ncc3c(c12)C(=O)N(c1ccccc1[N+](=O)[O-])C3=O. The van der Waals surface area contributed by atoms with E-state index in [1.165, 1.54) is 30.5 Å². The van der Waals surface area contributed by atoms with Crippen LogP contribution in [0.1, 0.15) is 26.4 Å². The van der Waals surface area contributed by atoms with Crippen molar-refractivity contribution in [2.24, 2.45) is 0 Å². The molecule has 0 bridgehead atoms. The van der Waals surface area contributed by atoms with Crippen LogP contribution in [-0.2, 0) is 0 Å². The van der Waals surface area contributed by atoms with Crippen LogP contribution in [0.3, 0.4) is 0 Å². The third-order valence-corrected chi connectivity index (χ3v) is 3.93. The molecule has 0 fully saturated rings. The number of fused-ring (bicyclic) bond motifs is 3. The van der Waals surface area contributed by atoms with Gasteiger partial charge in [-0.25, -0.2) is 9.88 Å². The largest absolute Gasteiger partial charge is 0.293 e. The molecule has 0 unspecified atom stereocenters. The highest BCUT2D eigenvalue weighted by molar-refractivity contribution is 6.37. The number of nitrogens with one attached hydrogen (secondary N) is 1. The third-order valence-electron chi connectivity index (χ3n) is 3.93. The number of rotatable bonds is 2. The first-order valence-electron chi connectivity index (χ1n) is 6.96. The van der Waals surface area contributed by atoms with E-state index >= 15 is 0 Å². The van der Waals surface area contributed by atoms with Gasteiger partial charge in [-0.3, -0.25) is 24.8 Å². The minimum Gasteiger partial charge on any atom is -0.280 e. The van der Waals surface area contributed by atoms with Gasteiger partial charge in [0.15, 0.2) is 5.65 Å². The van der Waals surface area contributed by atoms with E-state index in [1.807, 2.05) is 0 Å². The molecular weight excluding hydrogens is 314 g/mol. The smallest absolute Gasteiger partial charge is 0.280 e. The number of carbonyl (C=O) groups excluding carboxylic acids is 2. The van der Waals surface area contributed by atoms with Crippen molar-refractivity contribution in [1.29, 1.82) is 0 Å². The van der Waals surface area contributed by atoms with Crippen LogP contribution in [0, 0.1) is 17.0 Å². The summed E-state index contributed by atoms with van der Waals surface area (Å²) in [5.74, 6) is -1.26. The number of nitro benzene ring substituents is 1. The first-order valence-corrected chi connectivity index (χ1v) is 6.96. The number of imide groups is 1. The van der Waals surface area contributed by atoms with Crippen molar-refractivity contribution in [1.82, 2.24) is 15.2 Å². The molecule has 1 aliphatic heterocycles. The van der Waals surface area contributed by atoms with Gasteiger partial charge in [-0.05, 0) is 13.0 Å². The second kappa shape index (κ2) is 4.69. The normalized spacial score (nSPS) is 13.6. The molecule has 1 N–H and O–H groups in total. The van der Waals surface area contributed by atoms with E-state index in [1.54, 1.807) is 6.92 Å². The topological polar surface area (TPSA) is 122 Å². The van der Waals surface area contributed by atoms with Gasteiger partial charge in [0.05, 0.1) is 21.4 Å². The Balaban J connectivity index is 1.97. The molecule has 118 valence electrons. The lowest BCUT2D eigenvalue weighted by molar-refractivity contribution is -0.384. The number of benzene rings is 1. The zero-order valence-corrected chi connectivity index (χ0v) is 12.3. The average molecular weight is 323 g/mol. The van der Waals surface area contributed by atoms with E-state index in [9.17, 15) is 19.7 Å². The van der Waals surface area contributed by atoms with E-state index in [4.69, 9.17) is 0 Å². The van der Waals surface area contributed by atoms with Crippen LogP contribution in [-0.4, -0.2) is 31.9 Å². The van der Waals surface area contributed by atoms with Gasteiger partial charge in [0, 0.05) is 18.0 Å². The van der Waals surface area contributed by atoms with Crippen LogP contribution in [0.15, 0.2) is 30.5 Å². The zero-order chi connectivity index (χ0) is 17.0. The summed E-state index contributed by atoms with van der Waals surface area (Å²) >= 11 is 0. The number of H-pyrrole nitrogens is 1. The predicted octanol–water partition coefficient (Wildman–Crippen LogP) is 1.98. The number of amides is 2. The molecule has 1 aromatic carbocycles. The van der Waals surface area contributed by atoms with Crippen LogP contribution < -0.4 is 4.90 Å². The summed E-state index contributed by atoms with van der Waals surface area (Å²) in [6.07, 6.45) is 1.27. The number of carbonyl (C=O) groups is 2. The highest BCUT2D eigenvalue weighted by Gasteiger charge is 2.41. The molecule has 0 saturated carbocycles. The molecule has 0 aliphatic carbocycles. The maximum Gasteiger partial charge on any atom is 0.293 e. The second-order valence-electron chi connectivity index (χ2n) is 5.29. The molecule has 0 radical (unpaired) electrons. The van der Waals surface area contributed by atoms with E-state index in [0.717, 1.165) is 4.90 Å². The second-order valence-corrected chi connectivity index (χ2v) is 5.29. The molecule has 0 spiro atoms. The van der Waals surface area contributed by atoms with Crippen molar-refractivity contribution in [3.8, 4) is 0 Å². The van der Waals surface area contributed by atoms with Gasteiger partial charge >= 0.3 is 0 Å². The van der Waals surface area contributed by atoms with E-state index in [-0.39, 0.29) is 22.5 Å². The molecule has 9 nitrogen and oxygen atoms in total. The minimum atomic E-state index is -0.640. The van der Waals surface area contributed by atoms with Crippen molar-refractivity contribution >= 4 is 34.2 Å². The fourth-order valence-corrected chi connectivity index (χ4v) is 2.87. The molecule has 9 heteroatoms. The Labute approximate surface area is 134 Å². The minimum absolute atomic E-state index is 0.0667. The quantitative estimate of drug-likeness (QED) is 0.437. The summed E-state index contributed by atoms with van der Waals surface area (Å²) < 4.78 is 0. The van der Waals surface area contributed by atoms with Crippen LogP contribution in [0.2, 0.25) is 0 Å². The third kappa shape index (κ3) is 1.69. The van der Waals surface area contributed by atoms with Crippen LogP contribution in [0.25, 0.3) is 11.0 Å². The number of para-hydroxylation sites is 2. The van der Waals surface area contributed by atoms with Gasteiger partial charge in [-0.1, -0.05) is 12.1 Å². The van der Waals surface area contributed by atoms with Crippen LogP contribution in [0.4, 0.5) is 11.4 Å². The van der Waals surface area contributed by atoms with Crippen molar-refractivity contribution in [2.45, 2.75) is 6.92 Å². The Hall–Kier alpha value is -3.62. The zero-order valence-electron chi connectivity index (χ0n) is 12.3. The Morgan fingerprint density at radius 3 is 2.71 bits per heavy atom. The van der Waals surface area contributed by atoms with Crippen molar-refractivity contribution < 1.29 is 14.5 Å². The highest BCUT2D eigenvalue weighted by atomic mass is 16.6. The molecule has 0 saturated heterocycles. The summed E-state index contributed by atoms with van der Waals surface area (Å²) in [5.41, 5.74) is 0.796. The number of pyridine rings is 1. The number of hydrogen-bond acceptors (Lipinski definition) is 6. The number of nitrogens with zero attached hydrogens (tertiary/aromatic N) is 4. The number of aromatic nitrogens is 3. The predicted molar refractivity (Wildman–Crippen MR) is 82.9 cm³/mol. The fourth-order valence-electron chi connectivity index (χ4n) is 2.87. The number of aromatic amines is 1. The Morgan fingerprint density at radius 1 is 1.21 bits per heavy atom. The van der Waals surface area contributed by atoms with Gasteiger partial charge in [-0.2, -0.15) is 5.10 Å². The molecule has 24 heavy (non-hydrogen) atoms. The lowest BCUT2D eigenvalue weighted by Crippen LogP contribution is -2.30. The standard InChI is InChI=1S/C15H9N5O4/c1-7-11-12-8(6-16-13(11)18-17-7)14(21)19(15(12)22)9-4-2-3-5-10(9)20(23)24/h2-6H,1H3,(H,16,17,18). The number of anilines is 1. The first-order chi connectivity index (χ1) is 11.5. The Morgan fingerprint density at radius 2 is 1.96 bits per heavy atom. The van der Waals surface area contributed by atoms with E-state index in [0.29, 0.717) is 16.7 Å². The maximum atomic E-state index is 12.9. The number of nitro groups is 1. The van der Waals surface area contributed by atoms with Crippen molar-refractivity contribution in [3.63, 3.8) is 0 Å². The lowest BCUT2D eigenvalue weighted by Gasteiger charge is -2.13. The van der Waals surface area contributed by atoms with Crippen LogP contribution in [0.5, 0.6) is 0 Å². The molecule has 2 aromatic heterocycles. The fraction of sp³-hybridized carbons (Fsp3) is 0.0667. The summed E-state index contributed by atoms with van der Waals surface area (Å²) in [6.45, 7) is 1.71. The summed E-state index contributed by atoms with van der Waals surface area (Å²) in [5, 5.41) is 18.4. The number of hydrogen-bond donors (Lipinski definition) is 1. The van der Waals surface area contributed by atoms with Gasteiger partial charge in [0.2, 0.25) is 0 Å². The molecular formula is C15H9N5O4. The lowest BCUT2D eigenvalue weighted by atomic mass is 10.1. The molecule has 3 aromatic rings. The molecule has 0 atom stereocenters. The van der Waals surface area contributed by atoms with Gasteiger partial charge in [-0.15, -0.1) is 0 Å². The van der Waals surface area contributed by atoms with E-state index < -0.39 is 16.7 Å². The van der Waals surface area contributed by atoms with Gasteiger partial charge < -0.3 is 0 Å². The summed E-state index contributed by atoms with van der Waals surface area (Å²) in [4.78, 5) is 41.0. The van der Waals surface area contributed by atoms with Gasteiger partial charge in [0.1, 0.15) is 5.69 Å². The number of aryl methyl sites for hydroxylation is 1. The average Bonchev–Trinajstić information content (AvgIpc) is 3.06. The Kier molecular flexibility index (Phi) is 2.73. The van der Waals surface area contributed by atoms with Crippen molar-refractivity contribution in [3.05, 3.63) is 57.4 Å². The van der Waals surface area contributed by atoms with Gasteiger partial charge in [0.25, 0.3) is 17.5 Å². The van der Waals surface area contributed by atoms with Crippen LogP contribution >= 0.6 is 0 Å². The monoisotopic (exact) mass is 323 g/mol. The van der Waals surface area contributed by atoms with Crippen molar-refractivity contribution in [2.75, 3.05) is 4.90 Å². The first kappa shape index (κ1) is 14.0. The molecule has 4 rings (SSSR count). The summed E-state index contributed by atoms with van der Waals surface area (Å²) in [6, 6.07) is 5.62. The maximum absolute atomic E-state index is 12.9. The summed E-state index contributed by atoms with van der Waals surface area (Å²) in [7, 11) is 0. The Bertz CT molecular complexity index is 1060. The molecule has 1 aliphatic rings. The molecule has 3 heterocycles.